The van der Waals surface area contributed by atoms with Crippen molar-refractivity contribution in [3.05, 3.63) is 100 Å². The standard InChI is InChI=1S/C26H21ClN4O3/c1-32-20-12-11-15(13-21(20)33-2)24-22-23(30-26-28-14-29-31(24)26)17-8-4-6-10-19(17)34-25(22)16-7-3-5-9-18(16)27/h3-14,24-25H,1-2H3,(H,28,29,30)/t24-,25-/m0/s1. The first kappa shape index (κ1) is 20.6. The van der Waals surface area contributed by atoms with Gasteiger partial charge in [-0.05, 0) is 35.9 Å². The van der Waals surface area contributed by atoms with Gasteiger partial charge in [-0.15, -0.1) is 0 Å². The zero-order valence-electron chi connectivity index (χ0n) is 18.5. The third-order valence-corrected chi connectivity index (χ3v) is 6.58. The number of ether oxygens (including phenoxy) is 3. The number of hydrogen-bond donors (Lipinski definition) is 1. The lowest BCUT2D eigenvalue weighted by atomic mass is 9.84. The molecule has 2 aliphatic rings. The minimum atomic E-state index is -0.443. The van der Waals surface area contributed by atoms with Gasteiger partial charge in [-0.25, -0.2) is 4.68 Å². The van der Waals surface area contributed by atoms with Gasteiger partial charge in [-0.1, -0.05) is 48.0 Å². The summed E-state index contributed by atoms with van der Waals surface area (Å²) in [4.78, 5) is 4.47. The highest BCUT2D eigenvalue weighted by atomic mass is 35.5. The van der Waals surface area contributed by atoms with Crippen LogP contribution in [0.2, 0.25) is 5.02 Å². The van der Waals surface area contributed by atoms with E-state index in [9.17, 15) is 0 Å². The minimum absolute atomic E-state index is 0.316. The Bertz CT molecular complexity index is 1430. The molecule has 0 amide bonds. The van der Waals surface area contributed by atoms with Crippen LogP contribution in [0.3, 0.4) is 0 Å². The highest BCUT2D eigenvalue weighted by molar-refractivity contribution is 6.31. The fraction of sp³-hybridized carbons (Fsp3) is 0.154. The zero-order valence-corrected chi connectivity index (χ0v) is 19.3. The molecule has 6 rings (SSSR count). The van der Waals surface area contributed by atoms with E-state index in [-0.39, 0.29) is 6.04 Å². The largest absolute Gasteiger partial charge is 0.493 e. The fourth-order valence-corrected chi connectivity index (χ4v) is 4.94. The molecule has 170 valence electrons. The summed E-state index contributed by atoms with van der Waals surface area (Å²) in [7, 11) is 3.25. The Balaban J connectivity index is 1.63. The second kappa shape index (κ2) is 8.11. The molecule has 0 unspecified atom stereocenters. The van der Waals surface area contributed by atoms with Crippen molar-refractivity contribution in [2.45, 2.75) is 12.1 Å². The molecule has 4 aromatic rings. The number of benzene rings is 3. The molecule has 0 spiro atoms. The van der Waals surface area contributed by atoms with Gasteiger partial charge in [0.2, 0.25) is 5.95 Å². The fourth-order valence-electron chi connectivity index (χ4n) is 4.71. The summed E-state index contributed by atoms with van der Waals surface area (Å²) in [5, 5.41) is 8.69. The van der Waals surface area contributed by atoms with E-state index in [4.69, 9.17) is 25.8 Å². The molecule has 1 N–H and O–H groups in total. The van der Waals surface area contributed by atoms with E-state index in [0.717, 1.165) is 33.7 Å². The quantitative estimate of drug-likeness (QED) is 0.422. The highest BCUT2D eigenvalue weighted by Crippen LogP contribution is 2.51. The van der Waals surface area contributed by atoms with Crippen molar-refractivity contribution in [2.75, 3.05) is 19.5 Å². The maximum atomic E-state index is 6.68. The second-order valence-corrected chi connectivity index (χ2v) is 8.42. The molecule has 7 nitrogen and oxygen atoms in total. The van der Waals surface area contributed by atoms with Crippen LogP contribution in [-0.2, 0) is 0 Å². The first-order valence-corrected chi connectivity index (χ1v) is 11.2. The van der Waals surface area contributed by atoms with E-state index in [1.807, 2.05) is 71.4 Å². The lowest BCUT2D eigenvalue weighted by Gasteiger charge is -2.39. The molecule has 0 fully saturated rings. The summed E-state index contributed by atoms with van der Waals surface area (Å²) < 4.78 is 19.5. The monoisotopic (exact) mass is 472 g/mol. The van der Waals surface area contributed by atoms with Crippen molar-refractivity contribution in [2.24, 2.45) is 0 Å². The molecule has 0 bridgehead atoms. The summed E-state index contributed by atoms with van der Waals surface area (Å²) >= 11 is 6.68. The van der Waals surface area contributed by atoms with E-state index in [2.05, 4.69) is 15.4 Å². The van der Waals surface area contributed by atoms with Gasteiger partial charge in [0.1, 0.15) is 18.1 Å². The highest BCUT2D eigenvalue weighted by Gasteiger charge is 2.41. The van der Waals surface area contributed by atoms with Gasteiger partial charge >= 0.3 is 0 Å². The van der Waals surface area contributed by atoms with E-state index < -0.39 is 6.10 Å². The number of anilines is 1. The lowest BCUT2D eigenvalue weighted by Crippen LogP contribution is -2.32. The maximum Gasteiger partial charge on any atom is 0.226 e. The van der Waals surface area contributed by atoms with Crippen molar-refractivity contribution in [3.63, 3.8) is 0 Å². The average Bonchev–Trinajstić information content (AvgIpc) is 3.35. The van der Waals surface area contributed by atoms with Gasteiger partial charge in [0.05, 0.1) is 19.9 Å². The first-order valence-electron chi connectivity index (χ1n) is 10.8. The van der Waals surface area contributed by atoms with Crippen LogP contribution in [0.25, 0.3) is 5.70 Å². The van der Waals surface area contributed by atoms with Crippen LogP contribution >= 0.6 is 11.6 Å². The van der Waals surface area contributed by atoms with Crippen LogP contribution in [-0.4, -0.2) is 29.0 Å². The molecular weight excluding hydrogens is 452 g/mol. The number of nitrogens with zero attached hydrogens (tertiary/aromatic N) is 3. The number of rotatable bonds is 4. The number of fused-ring (bicyclic) bond motifs is 3. The number of halogens is 1. The first-order chi connectivity index (χ1) is 16.7. The summed E-state index contributed by atoms with van der Waals surface area (Å²) in [5.74, 6) is 2.71. The summed E-state index contributed by atoms with van der Waals surface area (Å²) in [6, 6.07) is 21.3. The molecule has 0 aliphatic carbocycles. The molecule has 0 saturated heterocycles. The van der Waals surface area contributed by atoms with Gasteiger partial charge in [-0.3, -0.25) is 0 Å². The lowest BCUT2D eigenvalue weighted by molar-refractivity contribution is 0.223. The third kappa shape index (κ3) is 3.12. The van der Waals surface area contributed by atoms with Crippen LogP contribution in [0.1, 0.15) is 28.8 Å². The van der Waals surface area contributed by atoms with E-state index in [1.54, 1.807) is 20.5 Å². The predicted octanol–water partition coefficient (Wildman–Crippen LogP) is 5.51. The van der Waals surface area contributed by atoms with Crippen LogP contribution < -0.4 is 19.5 Å². The van der Waals surface area contributed by atoms with Crippen molar-refractivity contribution in [1.82, 2.24) is 14.8 Å². The zero-order chi connectivity index (χ0) is 23.2. The third-order valence-electron chi connectivity index (χ3n) is 6.23. The Hall–Kier alpha value is -3.97. The van der Waals surface area contributed by atoms with Crippen molar-refractivity contribution in [1.29, 1.82) is 0 Å². The Morgan fingerprint density at radius 3 is 2.59 bits per heavy atom. The molecule has 8 heteroatoms. The predicted molar refractivity (Wildman–Crippen MR) is 130 cm³/mol. The molecule has 0 saturated carbocycles. The number of aromatic nitrogens is 3. The normalized spacial score (nSPS) is 18.2. The average molecular weight is 473 g/mol. The van der Waals surface area contributed by atoms with Gasteiger partial charge in [0.25, 0.3) is 0 Å². The maximum absolute atomic E-state index is 6.68. The summed E-state index contributed by atoms with van der Waals surface area (Å²) in [6.07, 6.45) is 1.10. The molecule has 3 aromatic carbocycles. The van der Waals surface area contributed by atoms with Gasteiger partial charge in [0, 0.05) is 21.7 Å². The SMILES string of the molecule is COc1ccc([C@H]2C3=C(Nc4ncnn42)c2ccccc2O[C@H]3c2ccccc2Cl)cc1OC. The molecule has 34 heavy (non-hydrogen) atoms. The van der Waals surface area contributed by atoms with Crippen molar-refractivity contribution < 1.29 is 14.2 Å². The number of nitrogens with one attached hydrogen (secondary N) is 1. The summed E-state index contributed by atoms with van der Waals surface area (Å²) in [6.45, 7) is 0. The Morgan fingerprint density at radius 2 is 1.76 bits per heavy atom. The number of methoxy groups -OCH3 is 2. The van der Waals surface area contributed by atoms with Crippen LogP contribution in [0.15, 0.2) is 78.6 Å². The van der Waals surface area contributed by atoms with Crippen LogP contribution in [0.5, 0.6) is 17.2 Å². The minimum Gasteiger partial charge on any atom is -0.493 e. The summed E-state index contributed by atoms with van der Waals surface area (Å²) in [5.41, 5.74) is 4.71. The van der Waals surface area contributed by atoms with Crippen molar-refractivity contribution in [3.8, 4) is 17.2 Å². The molecule has 2 atom stereocenters. The molecule has 0 radical (unpaired) electrons. The molecule has 3 heterocycles. The van der Waals surface area contributed by atoms with Crippen LogP contribution in [0, 0.1) is 0 Å². The Morgan fingerprint density at radius 1 is 0.971 bits per heavy atom. The number of hydrogen-bond acceptors (Lipinski definition) is 6. The molecule has 1 aromatic heterocycles. The Kier molecular flexibility index (Phi) is 4.92. The second-order valence-electron chi connectivity index (χ2n) is 8.02. The van der Waals surface area contributed by atoms with E-state index >= 15 is 0 Å². The Labute approximate surface area is 201 Å². The topological polar surface area (TPSA) is 70.4 Å². The van der Waals surface area contributed by atoms with Gasteiger partial charge < -0.3 is 19.5 Å². The van der Waals surface area contributed by atoms with Crippen LogP contribution in [0.4, 0.5) is 5.95 Å². The molecular formula is C26H21ClN4O3. The number of para-hydroxylation sites is 1. The van der Waals surface area contributed by atoms with E-state index in [0.29, 0.717) is 22.5 Å². The van der Waals surface area contributed by atoms with E-state index in [1.165, 1.54) is 0 Å². The smallest absolute Gasteiger partial charge is 0.226 e. The van der Waals surface area contributed by atoms with Gasteiger partial charge in [0.15, 0.2) is 17.6 Å². The molecule has 2 aliphatic heterocycles. The van der Waals surface area contributed by atoms with Gasteiger partial charge in [-0.2, -0.15) is 10.1 Å². The van der Waals surface area contributed by atoms with Crippen molar-refractivity contribution >= 4 is 23.2 Å².